The summed E-state index contributed by atoms with van der Waals surface area (Å²) in [5, 5.41) is -1.37. The maximum atomic E-state index is 12.2. The molecule has 0 aliphatic rings. The molecule has 9 heteroatoms. The molecular formula is C19H27KO7S. The minimum Gasteiger partial charge on any atom is -0.748 e. The fourth-order valence-corrected chi connectivity index (χ4v) is 2.55. The molecule has 0 N–H and O–H groups in total. The van der Waals surface area contributed by atoms with Gasteiger partial charge in [-0.2, -0.15) is 0 Å². The van der Waals surface area contributed by atoms with Gasteiger partial charge < -0.3 is 14.0 Å². The Labute approximate surface area is 209 Å². The van der Waals surface area contributed by atoms with E-state index in [1.165, 1.54) is 25.0 Å². The SMILES string of the molecule is CCCCCCCCOC(=O)c1ccccc1C(=O)OCC(C)S(=O)(=O)[O-].[K+]. The molecule has 7 nitrogen and oxygen atoms in total. The first-order valence-electron chi connectivity index (χ1n) is 9.15. The fourth-order valence-electron chi connectivity index (χ4n) is 2.32. The zero-order valence-corrected chi connectivity index (χ0v) is 20.7. The van der Waals surface area contributed by atoms with Gasteiger partial charge in [-0.1, -0.05) is 51.2 Å². The van der Waals surface area contributed by atoms with Gasteiger partial charge in [0.15, 0.2) is 0 Å². The van der Waals surface area contributed by atoms with E-state index in [1.54, 1.807) is 12.1 Å². The Bertz CT molecular complexity index is 719. The Balaban J connectivity index is 0.00000729. The summed E-state index contributed by atoms with van der Waals surface area (Å²) >= 11 is 0. The van der Waals surface area contributed by atoms with Crippen molar-refractivity contribution in [3.05, 3.63) is 35.4 Å². The summed E-state index contributed by atoms with van der Waals surface area (Å²) in [7, 11) is -4.55. The van der Waals surface area contributed by atoms with Gasteiger partial charge in [-0.05, 0) is 25.5 Å². The molecule has 152 valence electrons. The summed E-state index contributed by atoms with van der Waals surface area (Å²) in [6.45, 7) is 2.98. The van der Waals surface area contributed by atoms with Crippen LogP contribution in [0.3, 0.4) is 0 Å². The molecule has 0 aliphatic heterocycles. The number of ether oxygens (including phenoxy) is 2. The van der Waals surface area contributed by atoms with Crippen LogP contribution >= 0.6 is 0 Å². The van der Waals surface area contributed by atoms with Crippen LogP contribution in [0.5, 0.6) is 0 Å². The average Bonchev–Trinajstić information content (AvgIpc) is 2.64. The summed E-state index contributed by atoms with van der Waals surface area (Å²) in [5.41, 5.74) is 0.0204. The van der Waals surface area contributed by atoms with E-state index in [4.69, 9.17) is 9.47 Å². The van der Waals surface area contributed by atoms with Gasteiger partial charge in [-0.15, -0.1) is 0 Å². The van der Waals surface area contributed by atoms with Crippen LogP contribution in [-0.4, -0.2) is 43.4 Å². The first-order valence-corrected chi connectivity index (χ1v) is 10.6. The Kier molecular flexibility index (Phi) is 14.5. The molecule has 0 amide bonds. The van der Waals surface area contributed by atoms with Crippen LogP contribution in [0.15, 0.2) is 24.3 Å². The van der Waals surface area contributed by atoms with Crippen molar-refractivity contribution in [2.45, 2.75) is 57.6 Å². The van der Waals surface area contributed by atoms with Crippen molar-refractivity contribution in [2.75, 3.05) is 13.2 Å². The molecule has 0 aliphatic carbocycles. The number of hydrogen-bond acceptors (Lipinski definition) is 7. The summed E-state index contributed by atoms with van der Waals surface area (Å²) in [5.74, 6) is -1.52. The Hall–Kier alpha value is -0.294. The van der Waals surface area contributed by atoms with Crippen LogP contribution in [0.25, 0.3) is 0 Å². The maximum absolute atomic E-state index is 12.2. The van der Waals surface area contributed by atoms with Crippen molar-refractivity contribution in [2.24, 2.45) is 0 Å². The molecule has 0 aromatic heterocycles. The van der Waals surface area contributed by atoms with E-state index in [9.17, 15) is 22.6 Å². The third kappa shape index (κ3) is 10.5. The molecule has 0 saturated heterocycles. The second-order valence-corrected chi connectivity index (χ2v) is 8.14. The van der Waals surface area contributed by atoms with E-state index in [2.05, 4.69) is 6.92 Å². The van der Waals surface area contributed by atoms with E-state index in [-0.39, 0.29) is 69.1 Å². The van der Waals surface area contributed by atoms with E-state index >= 15 is 0 Å². The summed E-state index contributed by atoms with van der Waals surface area (Å²) in [4.78, 5) is 24.4. The molecule has 0 heterocycles. The standard InChI is InChI=1S/C19H28O7S.K/c1-3-4-5-6-7-10-13-25-18(20)16-11-8-9-12-17(16)19(21)26-14-15(2)27(22,23)24;/h8-9,11-12,15H,3-7,10,13-14H2,1-2H3,(H,22,23,24);/q;+1/p-1. The van der Waals surface area contributed by atoms with Gasteiger partial charge in [-0.3, -0.25) is 0 Å². The third-order valence-corrected chi connectivity index (χ3v) is 5.16. The number of carbonyl (C=O) groups is 2. The van der Waals surface area contributed by atoms with Crippen LogP contribution < -0.4 is 51.4 Å². The molecule has 0 fully saturated rings. The monoisotopic (exact) mass is 438 g/mol. The number of hydrogen-bond donors (Lipinski definition) is 0. The molecule has 0 spiro atoms. The van der Waals surface area contributed by atoms with Crippen molar-refractivity contribution < 1.29 is 83.4 Å². The van der Waals surface area contributed by atoms with Crippen LogP contribution in [0.2, 0.25) is 0 Å². The molecule has 1 aromatic carbocycles. The van der Waals surface area contributed by atoms with Crippen molar-refractivity contribution in [1.29, 1.82) is 0 Å². The molecular weight excluding hydrogens is 411 g/mol. The molecule has 28 heavy (non-hydrogen) atoms. The van der Waals surface area contributed by atoms with Gasteiger partial charge in [0.05, 0.1) is 23.0 Å². The number of unbranched alkanes of at least 4 members (excludes halogenated alkanes) is 5. The van der Waals surface area contributed by atoms with Crippen molar-refractivity contribution >= 4 is 22.1 Å². The zero-order chi connectivity index (χ0) is 20.3. The van der Waals surface area contributed by atoms with Crippen molar-refractivity contribution in [3.8, 4) is 0 Å². The van der Waals surface area contributed by atoms with Gasteiger partial charge in [0.1, 0.15) is 16.7 Å². The first kappa shape index (κ1) is 27.7. The van der Waals surface area contributed by atoms with E-state index in [0.717, 1.165) is 32.6 Å². The maximum Gasteiger partial charge on any atom is 1.00 e. The molecule has 0 saturated carbocycles. The Morgan fingerprint density at radius 1 is 0.964 bits per heavy atom. The molecule has 0 radical (unpaired) electrons. The Morgan fingerprint density at radius 2 is 1.46 bits per heavy atom. The second-order valence-electron chi connectivity index (χ2n) is 6.35. The van der Waals surface area contributed by atoms with Crippen LogP contribution in [0.4, 0.5) is 0 Å². The minimum atomic E-state index is -4.55. The molecule has 0 bridgehead atoms. The topological polar surface area (TPSA) is 110 Å². The van der Waals surface area contributed by atoms with E-state index in [1.807, 2.05) is 0 Å². The fraction of sp³-hybridized carbons (Fsp3) is 0.579. The van der Waals surface area contributed by atoms with Gasteiger partial charge in [-0.25, -0.2) is 18.0 Å². The minimum absolute atomic E-state index is 0. The summed E-state index contributed by atoms with van der Waals surface area (Å²) in [6.07, 6.45) is 6.34. The Morgan fingerprint density at radius 3 is 2.00 bits per heavy atom. The summed E-state index contributed by atoms with van der Waals surface area (Å²) < 4.78 is 42.7. The predicted molar refractivity (Wildman–Crippen MR) is 99.5 cm³/mol. The number of benzene rings is 1. The molecule has 1 aromatic rings. The van der Waals surface area contributed by atoms with Crippen LogP contribution in [-0.2, 0) is 19.6 Å². The number of esters is 2. The van der Waals surface area contributed by atoms with Crippen molar-refractivity contribution in [1.82, 2.24) is 0 Å². The summed E-state index contributed by atoms with van der Waals surface area (Å²) in [6, 6.07) is 5.96. The molecule has 1 unspecified atom stereocenters. The normalized spacial score (nSPS) is 12.0. The quantitative estimate of drug-likeness (QED) is 0.200. The van der Waals surface area contributed by atoms with E-state index < -0.39 is 33.9 Å². The van der Waals surface area contributed by atoms with E-state index in [0.29, 0.717) is 0 Å². The number of rotatable bonds is 12. The predicted octanol–water partition coefficient (Wildman–Crippen LogP) is 0.298. The molecule has 1 atom stereocenters. The van der Waals surface area contributed by atoms with Gasteiger partial charge in [0.2, 0.25) is 0 Å². The zero-order valence-electron chi connectivity index (χ0n) is 16.8. The van der Waals surface area contributed by atoms with Crippen LogP contribution in [0, 0.1) is 0 Å². The van der Waals surface area contributed by atoms with Crippen LogP contribution in [0.1, 0.15) is 73.1 Å². The smallest absolute Gasteiger partial charge is 0.748 e. The number of carbonyl (C=O) groups excluding carboxylic acids is 2. The first-order chi connectivity index (χ1) is 12.8. The van der Waals surface area contributed by atoms with Gasteiger partial charge in [0, 0.05) is 0 Å². The average molecular weight is 439 g/mol. The van der Waals surface area contributed by atoms with Gasteiger partial charge >= 0.3 is 63.3 Å². The third-order valence-electron chi connectivity index (χ3n) is 4.04. The van der Waals surface area contributed by atoms with Crippen molar-refractivity contribution in [3.63, 3.8) is 0 Å². The van der Waals surface area contributed by atoms with Gasteiger partial charge in [0.25, 0.3) is 0 Å². The largest absolute Gasteiger partial charge is 1.00 e. The second kappa shape index (κ2) is 14.7. The molecule has 1 rings (SSSR count).